The van der Waals surface area contributed by atoms with Crippen LogP contribution < -0.4 is 15.8 Å². The van der Waals surface area contributed by atoms with Gasteiger partial charge in [0.2, 0.25) is 5.91 Å². The second kappa shape index (κ2) is 6.61. The van der Waals surface area contributed by atoms with Crippen LogP contribution in [0.25, 0.3) is 0 Å². The number of rotatable bonds is 6. The van der Waals surface area contributed by atoms with Gasteiger partial charge in [-0.25, -0.2) is 4.79 Å². The van der Waals surface area contributed by atoms with Crippen LogP contribution in [0.3, 0.4) is 0 Å². The molecule has 98 valence electrons. The molecule has 0 radical (unpaired) electrons. The molecule has 1 amide bonds. The Morgan fingerprint density at radius 1 is 1.44 bits per heavy atom. The van der Waals surface area contributed by atoms with E-state index >= 15 is 0 Å². The monoisotopic (exact) mass is 252 g/mol. The molecule has 0 fully saturated rings. The zero-order valence-electron chi connectivity index (χ0n) is 10.1. The highest BCUT2D eigenvalue weighted by Crippen LogP contribution is 2.25. The van der Waals surface area contributed by atoms with Crippen LogP contribution in [0.2, 0.25) is 0 Å². The molecule has 0 bridgehead atoms. The molecule has 0 aromatic heterocycles. The number of hydrogen-bond acceptors (Lipinski definition) is 4. The molecule has 0 saturated heterocycles. The number of methoxy groups -OCH3 is 1. The molecule has 0 aliphatic carbocycles. The Kier molecular flexibility index (Phi) is 5.13. The van der Waals surface area contributed by atoms with Gasteiger partial charge in [-0.05, 0) is 31.2 Å². The van der Waals surface area contributed by atoms with E-state index in [0.717, 1.165) is 0 Å². The van der Waals surface area contributed by atoms with Gasteiger partial charge in [-0.3, -0.25) is 4.79 Å². The molecular formula is C12H16N2O4. The van der Waals surface area contributed by atoms with Gasteiger partial charge in [0, 0.05) is 6.42 Å². The highest BCUT2D eigenvalue weighted by Gasteiger charge is 2.11. The molecule has 1 aromatic rings. The Bertz CT molecular complexity index is 446. The molecule has 0 aliphatic rings. The number of aromatic carboxylic acids is 1. The lowest BCUT2D eigenvalue weighted by Gasteiger charge is -2.10. The van der Waals surface area contributed by atoms with E-state index in [9.17, 15) is 9.59 Å². The zero-order valence-corrected chi connectivity index (χ0v) is 10.1. The van der Waals surface area contributed by atoms with Crippen LogP contribution in [0.5, 0.6) is 5.75 Å². The lowest BCUT2D eigenvalue weighted by atomic mass is 10.2. The van der Waals surface area contributed by atoms with Crippen LogP contribution in [-0.2, 0) is 4.79 Å². The van der Waals surface area contributed by atoms with Crippen LogP contribution in [-0.4, -0.2) is 30.6 Å². The van der Waals surface area contributed by atoms with Crippen molar-refractivity contribution in [1.29, 1.82) is 0 Å². The number of nitrogens with two attached hydrogens (primary N) is 1. The minimum atomic E-state index is -1.06. The summed E-state index contributed by atoms with van der Waals surface area (Å²) in [7, 11) is 1.45. The summed E-state index contributed by atoms with van der Waals surface area (Å²) in [5, 5.41) is 11.5. The van der Waals surface area contributed by atoms with E-state index in [1.807, 2.05) is 0 Å². The van der Waals surface area contributed by atoms with E-state index in [1.54, 1.807) is 0 Å². The first-order valence-electron chi connectivity index (χ1n) is 5.49. The maximum absolute atomic E-state index is 11.6. The molecule has 1 rings (SSSR count). The molecule has 0 unspecified atom stereocenters. The summed E-state index contributed by atoms with van der Waals surface area (Å²) in [6.07, 6.45) is 0.865. The maximum Gasteiger partial charge on any atom is 0.335 e. The van der Waals surface area contributed by atoms with E-state index in [1.165, 1.54) is 25.3 Å². The largest absolute Gasteiger partial charge is 0.495 e. The van der Waals surface area contributed by atoms with E-state index < -0.39 is 5.97 Å². The van der Waals surface area contributed by atoms with Gasteiger partial charge in [0.05, 0.1) is 18.4 Å². The predicted octanol–water partition coefficient (Wildman–Crippen LogP) is 1.07. The third kappa shape index (κ3) is 3.74. The number of ether oxygens (including phenoxy) is 1. The second-order valence-corrected chi connectivity index (χ2v) is 3.66. The predicted molar refractivity (Wildman–Crippen MR) is 66.9 cm³/mol. The molecule has 4 N–H and O–H groups in total. The highest BCUT2D eigenvalue weighted by molar-refractivity contribution is 5.95. The number of carboxylic acids is 1. The van der Waals surface area contributed by atoms with Crippen LogP contribution in [0.4, 0.5) is 5.69 Å². The molecule has 0 aliphatic heterocycles. The molecule has 0 heterocycles. The maximum atomic E-state index is 11.6. The Hall–Kier alpha value is -2.08. The average Bonchev–Trinajstić information content (AvgIpc) is 2.36. The van der Waals surface area contributed by atoms with Gasteiger partial charge in [-0.2, -0.15) is 0 Å². The normalized spacial score (nSPS) is 9.89. The van der Waals surface area contributed by atoms with Gasteiger partial charge in [0.15, 0.2) is 0 Å². The molecule has 1 aromatic carbocycles. The van der Waals surface area contributed by atoms with Crippen molar-refractivity contribution in [3.8, 4) is 5.75 Å². The Balaban J connectivity index is 2.87. The third-order valence-electron chi connectivity index (χ3n) is 2.33. The number of carbonyl (C=O) groups is 2. The summed E-state index contributed by atoms with van der Waals surface area (Å²) < 4.78 is 5.05. The summed E-state index contributed by atoms with van der Waals surface area (Å²) in [6, 6.07) is 4.28. The molecule has 6 nitrogen and oxygen atoms in total. The van der Waals surface area contributed by atoms with Crippen molar-refractivity contribution in [3.63, 3.8) is 0 Å². The minimum Gasteiger partial charge on any atom is -0.495 e. The summed E-state index contributed by atoms with van der Waals surface area (Å²) in [5.74, 6) is -0.863. The number of benzene rings is 1. The van der Waals surface area contributed by atoms with Gasteiger partial charge in [0.25, 0.3) is 0 Å². The van der Waals surface area contributed by atoms with Crippen LogP contribution in [0, 0.1) is 0 Å². The molecule has 0 atom stereocenters. The van der Waals surface area contributed by atoms with Gasteiger partial charge < -0.3 is 20.9 Å². The number of carbonyl (C=O) groups excluding carboxylic acids is 1. The van der Waals surface area contributed by atoms with Gasteiger partial charge >= 0.3 is 5.97 Å². The van der Waals surface area contributed by atoms with Crippen LogP contribution in [0.1, 0.15) is 23.2 Å². The summed E-state index contributed by atoms with van der Waals surface area (Å²) in [6.45, 7) is 0.430. The topological polar surface area (TPSA) is 102 Å². The fourth-order valence-electron chi connectivity index (χ4n) is 1.41. The quantitative estimate of drug-likeness (QED) is 0.703. The SMILES string of the molecule is COc1ccc(C(=O)O)cc1NC(=O)CCCN. The van der Waals surface area contributed by atoms with Crippen LogP contribution >= 0.6 is 0 Å². The fourth-order valence-corrected chi connectivity index (χ4v) is 1.41. The number of hydrogen-bond donors (Lipinski definition) is 3. The number of carboxylic acid groups (broad SMARTS) is 1. The first-order valence-corrected chi connectivity index (χ1v) is 5.49. The second-order valence-electron chi connectivity index (χ2n) is 3.66. The Labute approximate surface area is 105 Å². The number of nitrogens with one attached hydrogen (secondary N) is 1. The molecule has 18 heavy (non-hydrogen) atoms. The van der Waals surface area contributed by atoms with Gasteiger partial charge in [-0.15, -0.1) is 0 Å². The van der Waals surface area contributed by atoms with Crippen molar-refractivity contribution < 1.29 is 19.4 Å². The number of anilines is 1. The van der Waals surface area contributed by atoms with E-state index in [0.29, 0.717) is 24.4 Å². The van der Waals surface area contributed by atoms with E-state index in [-0.39, 0.29) is 17.9 Å². The van der Waals surface area contributed by atoms with E-state index in [4.69, 9.17) is 15.6 Å². The van der Waals surface area contributed by atoms with Crippen molar-refractivity contribution in [3.05, 3.63) is 23.8 Å². The van der Waals surface area contributed by atoms with Crippen molar-refractivity contribution in [2.24, 2.45) is 5.73 Å². The summed E-state index contributed by atoms with van der Waals surface area (Å²) in [5.41, 5.74) is 5.74. The standard InChI is InChI=1S/C12H16N2O4/c1-18-10-5-4-8(12(16)17)7-9(10)14-11(15)3-2-6-13/h4-5,7H,2-3,6,13H2,1H3,(H,14,15)(H,16,17). The lowest BCUT2D eigenvalue weighted by molar-refractivity contribution is -0.116. The smallest absolute Gasteiger partial charge is 0.335 e. The summed E-state index contributed by atoms with van der Waals surface area (Å²) in [4.78, 5) is 22.4. The van der Waals surface area contributed by atoms with Crippen LogP contribution in [0.15, 0.2) is 18.2 Å². The highest BCUT2D eigenvalue weighted by atomic mass is 16.5. The van der Waals surface area contributed by atoms with Crippen molar-refractivity contribution in [1.82, 2.24) is 0 Å². The number of amides is 1. The Morgan fingerprint density at radius 2 is 2.17 bits per heavy atom. The van der Waals surface area contributed by atoms with Crippen molar-refractivity contribution >= 4 is 17.6 Å². The Morgan fingerprint density at radius 3 is 2.72 bits per heavy atom. The summed E-state index contributed by atoms with van der Waals surface area (Å²) >= 11 is 0. The average molecular weight is 252 g/mol. The first kappa shape index (κ1) is 14.0. The molecule has 6 heteroatoms. The molecule has 0 saturated carbocycles. The molecule has 0 spiro atoms. The van der Waals surface area contributed by atoms with Gasteiger partial charge in [-0.1, -0.05) is 0 Å². The third-order valence-corrected chi connectivity index (χ3v) is 2.33. The van der Waals surface area contributed by atoms with Crippen molar-refractivity contribution in [2.75, 3.05) is 19.0 Å². The zero-order chi connectivity index (χ0) is 13.5. The fraction of sp³-hybridized carbons (Fsp3) is 0.333. The van der Waals surface area contributed by atoms with Gasteiger partial charge in [0.1, 0.15) is 5.75 Å². The van der Waals surface area contributed by atoms with Crippen molar-refractivity contribution in [2.45, 2.75) is 12.8 Å². The first-order chi connectivity index (χ1) is 8.58. The lowest BCUT2D eigenvalue weighted by Crippen LogP contribution is -2.14. The molecular weight excluding hydrogens is 236 g/mol. The minimum absolute atomic E-state index is 0.0879. The van der Waals surface area contributed by atoms with E-state index in [2.05, 4.69) is 5.32 Å².